The Hall–Kier alpha value is -0.130. The SMILES string of the molecule is CC[N+](CC)(CC)CCCCCSc1nc(C)cc(C)n1.[Br-]. The lowest BCUT2D eigenvalue weighted by Gasteiger charge is -2.35. The molecule has 0 radical (unpaired) electrons. The number of hydrogen-bond donors (Lipinski definition) is 0. The van der Waals surface area contributed by atoms with E-state index in [0.29, 0.717) is 0 Å². The van der Waals surface area contributed by atoms with E-state index in [0.717, 1.165) is 22.3 Å². The summed E-state index contributed by atoms with van der Waals surface area (Å²) in [5.41, 5.74) is 2.14. The second kappa shape index (κ2) is 11.4. The van der Waals surface area contributed by atoms with Crippen LogP contribution in [0.25, 0.3) is 0 Å². The van der Waals surface area contributed by atoms with Gasteiger partial charge in [-0.05, 0) is 59.9 Å². The van der Waals surface area contributed by atoms with Crippen molar-refractivity contribution in [2.24, 2.45) is 0 Å². The van der Waals surface area contributed by atoms with E-state index in [4.69, 9.17) is 0 Å². The molecule has 0 amide bonds. The van der Waals surface area contributed by atoms with E-state index in [2.05, 4.69) is 30.7 Å². The second-order valence-corrected chi connectivity index (χ2v) is 6.92. The fraction of sp³-hybridized carbons (Fsp3) is 0.765. The molecule has 0 aromatic carbocycles. The number of aryl methyl sites for hydroxylation is 2. The van der Waals surface area contributed by atoms with Crippen molar-refractivity contribution in [3.8, 4) is 0 Å². The van der Waals surface area contributed by atoms with Crippen molar-refractivity contribution in [1.29, 1.82) is 0 Å². The third-order valence-electron chi connectivity index (χ3n) is 4.48. The molecule has 0 aliphatic rings. The summed E-state index contributed by atoms with van der Waals surface area (Å²) in [6, 6.07) is 2.03. The van der Waals surface area contributed by atoms with Crippen molar-refractivity contribution >= 4 is 11.8 Å². The maximum atomic E-state index is 4.48. The van der Waals surface area contributed by atoms with Crippen LogP contribution in [0.3, 0.4) is 0 Å². The third kappa shape index (κ3) is 7.42. The smallest absolute Gasteiger partial charge is 0.187 e. The van der Waals surface area contributed by atoms with Crippen LogP contribution in [-0.4, -0.2) is 46.4 Å². The number of quaternary nitrogens is 1. The molecule has 128 valence electrons. The van der Waals surface area contributed by atoms with Gasteiger partial charge in [-0.15, -0.1) is 0 Å². The first-order valence-corrected chi connectivity index (χ1v) is 9.34. The van der Waals surface area contributed by atoms with Crippen LogP contribution in [-0.2, 0) is 0 Å². The first-order valence-electron chi connectivity index (χ1n) is 8.35. The molecule has 1 heterocycles. The minimum absolute atomic E-state index is 0. The highest BCUT2D eigenvalue weighted by Gasteiger charge is 2.19. The molecular formula is C17H32BrN3S. The van der Waals surface area contributed by atoms with E-state index >= 15 is 0 Å². The number of hydrogen-bond acceptors (Lipinski definition) is 3. The van der Waals surface area contributed by atoms with Crippen LogP contribution in [0.1, 0.15) is 51.4 Å². The third-order valence-corrected chi connectivity index (χ3v) is 5.42. The number of thioether (sulfide) groups is 1. The lowest BCUT2D eigenvalue weighted by Crippen LogP contribution is -3.00. The maximum absolute atomic E-state index is 4.48. The molecule has 0 N–H and O–H groups in total. The van der Waals surface area contributed by atoms with Crippen LogP contribution in [0.4, 0.5) is 0 Å². The quantitative estimate of drug-likeness (QED) is 0.260. The lowest BCUT2D eigenvalue weighted by atomic mass is 10.2. The van der Waals surface area contributed by atoms with Crippen molar-refractivity contribution in [2.75, 3.05) is 31.9 Å². The minimum Gasteiger partial charge on any atom is -1.00 e. The second-order valence-electron chi connectivity index (χ2n) is 5.86. The number of halogens is 1. The summed E-state index contributed by atoms with van der Waals surface area (Å²) in [5, 5.41) is 0.938. The summed E-state index contributed by atoms with van der Waals surface area (Å²) in [5.74, 6) is 1.13. The van der Waals surface area contributed by atoms with Gasteiger partial charge in [-0.1, -0.05) is 11.8 Å². The highest BCUT2D eigenvalue weighted by atomic mass is 79.9. The zero-order chi connectivity index (χ0) is 15.7. The van der Waals surface area contributed by atoms with Gasteiger partial charge in [0.05, 0.1) is 26.2 Å². The van der Waals surface area contributed by atoms with E-state index in [-0.39, 0.29) is 17.0 Å². The first-order chi connectivity index (χ1) is 10.0. The topological polar surface area (TPSA) is 25.8 Å². The van der Waals surface area contributed by atoms with Crippen molar-refractivity contribution in [1.82, 2.24) is 9.97 Å². The summed E-state index contributed by atoms with van der Waals surface area (Å²) in [7, 11) is 0. The molecular weight excluding hydrogens is 358 g/mol. The van der Waals surface area contributed by atoms with Gasteiger partial charge in [-0.25, -0.2) is 9.97 Å². The van der Waals surface area contributed by atoms with E-state index in [9.17, 15) is 0 Å². The molecule has 5 heteroatoms. The zero-order valence-corrected chi connectivity index (χ0v) is 17.3. The summed E-state index contributed by atoms with van der Waals surface area (Å²) in [4.78, 5) is 8.96. The molecule has 0 bridgehead atoms. The standard InChI is InChI=1S/C17H32N3S.BrH/c1-6-20(7-2,8-3)12-10-9-11-13-21-17-18-15(4)14-16(5)19-17;/h14H,6-13H2,1-5H3;1H/q+1;/p-1. The molecule has 0 aliphatic carbocycles. The van der Waals surface area contributed by atoms with Gasteiger partial charge in [-0.3, -0.25) is 0 Å². The molecule has 1 rings (SSSR count). The summed E-state index contributed by atoms with van der Waals surface area (Å²) >= 11 is 1.80. The Bertz CT molecular complexity index is 394. The van der Waals surface area contributed by atoms with Crippen LogP contribution in [0.15, 0.2) is 11.2 Å². The first kappa shape index (κ1) is 21.9. The molecule has 0 fully saturated rings. The number of aromatic nitrogens is 2. The molecule has 1 aromatic heterocycles. The van der Waals surface area contributed by atoms with Crippen LogP contribution in [0.2, 0.25) is 0 Å². The molecule has 0 aliphatic heterocycles. The van der Waals surface area contributed by atoms with Gasteiger partial charge in [0, 0.05) is 17.1 Å². The van der Waals surface area contributed by atoms with Crippen molar-refractivity contribution < 1.29 is 21.5 Å². The van der Waals surface area contributed by atoms with Crippen molar-refractivity contribution in [3.05, 3.63) is 17.5 Å². The summed E-state index contributed by atoms with van der Waals surface area (Å²) in [6.45, 7) is 16.1. The van der Waals surface area contributed by atoms with Crippen molar-refractivity contribution in [2.45, 2.75) is 59.0 Å². The van der Waals surface area contributed by atoms with E-state index in [1.165, 1.54) is 49.9 Å². The molecule has 22 heavy (non-hydrogen) atoms. The average molecular weight is 390 g/mol. The predicted molar refractivity (Wildman–Crippen MR) is 92.8 cm³/mol. The van der Waals surface area contributed by atoms with Crippen LogP contribution in [0, 0.1) is 13.8 Å². The van der Waals surface area contributed by atoms with Gasteiger partial charge < -0.3 is 21.5 Å². The molecule has 0 saturated carbocycles. The van der Waals surface area contributed by atoms with Gasteiger partial charge in [0.15, 0.2) is 5.16 Å². The normalized spacial score (nSPS) is 11.3. The summed E-state index contributed by atoms with van der Waals surface area (Å²) < 4.78 is 1.27. The van der Waals surface area contributed by atoms with Crippen LogP contribution < -0.4 is 17.0 Å². The minimum atomic E-state index is 0. The Labute approximate surface area is 151 Å². The zero-order valence-electron chi connectivity index (χ0n) is 14.9. The van der Waals surface area contributed by atoms with E-state index < -0.39 is 0 Å². The van der Waals surface area contributed by atoms with E-state index in [1.807, 2.05) is 19.9 Å². The summed E-state index contributed by atoms with van der Waals surface area (Å²) in [6.07, 6.45) is 3.92. The Balaban J connectivity index is 0.00000441. The number of rotatable bonds is 10. The van der Waals surface area contributed by atoms with Gasteiger partial charge in [0.25, 0.3) is 0 Å². The molecule has 0 spiro atoms. The molecule has 3 nitrogen and oxygen atoms in total. The fourth-order valence-corrected chi connectivity index (χ4v) is 3.74. The van der Waals surface area contributed by atoms with Gasteiger partial charge in [-0.2, -0.15) is 0 Å². The maximum Gasteiger partial charge on any atom is 0.187 e. The van der Waals surface area contributed by atoms with Gasteiger partial charge in [0.1, 0.15) is 0 Å². The largest absolute Gasteiger partial charge is 1.00 e. The molecule has 1 aromatic rings. The predicted octanol–water partition coefficient (Wildman–Crippen LogP) is 1.24. The fourth-order valence-electron chi connectivity index (χ4n) is 2.79. The number of nitrogens with zero attached hydrogens (tertiary/aromatic N) is 3. The lowest BCUT2D eigenvalue weighted by molar-refractivity contribution is -0.923. The Morgan fingerprint density at radius 3 is 1.95 bits per heavy atom. The van der Waals surface area contributed by atoms with Crippen LogP contribution in [0.5, 0.6) is 0 Å². The van der Waals surface area contributed by atoms with Gasteiger partial charge in [0.2, 0.25) is 0 Å². The highest BCUT2D eigenvalue weighted by Crippen LogP contribution is 2.17. The Kier molecular flexibility index (Phi) is 11.3. The van der Waals surface area contributed by atoms with Gasteiger partial charge >= 0.3 is 0 Å². The Morgan fingerprint density at radius 1 is 0.909 bits per heavy atom. The highest BCUT2D eigenvalue weighted by molar-refractivity contribution is 7.99. The molecule has 0 saturated heterocycles. The molecule has 0 unspecified atom stereocenters. The molecule has 0 atom stereocenters. The van der Waals surface area contributed by atoms with Crippen LogP contribution >= 0.6 is 11.8 Å². The Morgan fingerprint density at radius 2 is 1.45 bits per heavy atom. The monoisotopic (exact) mass is 389 g/mol. The van der Waals surface area contributed by atoms with E-state index in [1.54, 1.807) is 11.8 Å². The van der Waals surface area contributed by atoms with Crippen molar-refractivity contribution in [3.63, 3.8) is 0 Å². The number of unbranched alkanes of at least 4 members (excludes halogenated alkanes) is 2. The average Bonchev–Trinajstić information content (AvgIpc) is 2.46.